The molecule has 1 fully saturated rings. The summed E-state index contributed by atoms with van der Waals surface area (Å²) in [5.74, 6) is -0.688. The van der Waals surface area contributed by atoms with Crippen LogP contribution < -0.4 is 0 Å². The molecule has 0 bridgehead atoms. The molecule has 0 aromatic rings. The Kier molecular flexibility index (Phi) is 13.9. The molecule has 0 heterocycles. The van der Waals surface area contributed by atoms with Crippen LogP contribution in [0.15, 0.2) is 24.3 Å². The van der Waals surface area contributed by atoms with E-state index < -0.39 is 37.0 Å². The summed E-state index contributed by atoms with van der Waals surface area (Å²) >= 11 is 0. The zero-order valence-corrected chi connectivity index (χ0v) is 18.1. The van der Waals surface area contributed by atoms with Crippen molar-refractivity contribution in [2.24, 2.45) is 11.8 Å². The number of rotatable bonds is 15. The fourth-order valence-electron chi connectivity index (χ4n) is 3.71. The van der Waals surface area contributed by atoms with Crippen LogP contribution in [0, 0.1) is 11.8 Å². The van der Waals surface area contributed by atoms with Crippen LogP contribution in [0.3, 0.4) is 0 Å². The molecule has 0 radical (unpaired) electrons. The first-order valence-electron chi connectivity index (χ1n) is 11.2. The zero-order chi connectivity index (χ0) is 22.4. The van der Waals surface area contributed by atoms with Crippen LogP contribution >= 0.6 is 0 Å². The summed E-state index contributed by atoms with van der Waals surface area (Å²) in [6, 6.07) is 0. The molecule has 0 spiro atoms. The third-order valence-electron chi connectivity index (χ3n) is 5.55. The summed E-state index contributed by atoms with van der Waals surface area (Å²) in [5, 5.41) is 48.4. The Morgan fingerprint density at radius 2 is 1.90 bits per heavy atom. The van der Waals surface area contributed by atoms with Gasteiger partial charge < -0.3 is 30.3 Å². The Morgan fingerprint density at radius 3 is 2.60 bits per heavy atom. The maximum atomic E-state index is 11.5. The first kappa shape index (κ1) is 26.8. The zero-order valence-electron chi connectivity index (χ0n) is 18.1. The van der Waals surface area contributed by atoms with Crippen LogP contribution in [-0.4, -0.2) is 69.1 Å². The van der Waals surface area contributed by atoms with E-state index in [2.05, 4.69) is 6.92 Å². The van der Waals surface area contributed by atoms with Gasteiger partial charge in [0.1, 0.15) is 12.7 Å². The third-order valence-corrected chi connectivity index (χ3v) is 5.55. The first-order valence-corrected chi connectivity index (χ1v) is 11.2. The van der Waals surface area contributed by atoms with Crippen molar-refractivity contribution in [2.75, 3.05) is 13.2 Å². The van der Waals surface area contributed by atoms with Gasteiger partial charge in [0.05, 0.1) is 24.9 Å². The van der Waals surface area contributed by atoms with Gasteiger partial charge in [-0.15, -0.1) is 0 Å². The van der Waals surface area contributed by atoms with Crippen LogP contribution in [0.2, 0.25) is 0 Å². The second kappa shape index (κ2) is 15.5. The third kappa shape index (κ3) is 10.7. The number of hydrogen-bond acceptors (Lipinski definition) is 7. The second-order valence-electron chi connectivity index (χ2n) is 8.18. The molecule has 0 aromatic carbocycles. The lowest BCUT2D eigenvalue weighted by Crippen LogP contribution is -2.21. The lowest BCUT2D eigenvalue weighted by atomic mass is 9.89. The summed E-state index contributed by atoms with van der Waals surface area (Å²) in [5.41, 5.74) is 0. The monoisotopic (exact) mass is 428 g/mol. The average molecular weight is 429 g/mol. The fraction of sp³-hybridized carbons (Fsp3) is 0.783. The van der Waals surface area contributed by atoms with E-state index in [4.69, 9.17) is 14.9 Å². The van der Waals surface area contributed by atoms with Crippen molar-refractivity contribution in [3.8, 4) is 0 Å². The normalized spacial score (nSPS) is 26.5. The van der Waals surface area contributed by atoms with Crippen molar-refractivity contribution < 1.29 is 35.1 Å². The first-order chi connectivity index (χ1) is 14.4. The van der Waals surface area contributed by atoms with Crippen LogP contribution in [0.5, 0.6) is 0 Å². The maximum absolute atomic E-state index is 11.5. The molecule has 0 saturated heterocycles. The molecule has 7 nitrogen and oxygen atoms in total. The lowest BCUT2D eigenvalue weighted by molar-refractivity contribution is -0.147. The number of unbranched alkanes of at least 4 members (excludes halogenated alkanes) is 3. The molecule has 1 saturated carbocycles. The average Bonchev–Trinajstić information content (AvgIpc) is 2.99. The predicted octanol–water partition coefficient (Wildman–Crippen LogP) is 1.85. The molecule has 0 aliphatic heterocycles. The largest absolute Gasteiger partial charge is 0.463 e. The Bertz CT molecular complexity index is 520. The molecule has 174 valence electrons. The minimum Gasteiger partial charge on any atom is -0.463 e. The number of esters is 1. The summed E-state index contributed by atoms with van der Waals surface area (Å²) in [6.07, 6.45) is 11.1. The van der Waals surface area contributed by atoms with E-state index in [-0.39, 0.29) is 24.9 Å². The highest BCUT2D eigenvalue weighted by molar-refractivity contribution is 5.69. The Balaban J connectivity index is 2.36. The molecule has 1 rings (SSSR count). The molecular weight excluding hydrogens is 388 g/mol. The Hall–Kier alpha value is -1.25. The Labute approximate surface area is 180 Å². The van der Waals surface area contributed by atoms with Crippen molar-refractivity contribution in [1.82, 2.24) is 0 Å². The van der Waals surface area contributed by atoms with Crippen LogP contribution in [0.25, 0.3) is 0 Å². The van der Waals surface area contributed by atoms with E-state index >= 15 is 0 Å². The molecule has 0 amide bonds. The molecule has 7 heteroatoms. The number of allylic oxidation sites excluding steroid dienone is 2. The molecule has 6 unspecified atom stereocenters. The van der Waals surface area contributed by atoms with Gasteiger partial charge in [-0.05, 0) is 31.6 Å². The van der Waals surface area contributed by atoms with Crippen LogP contribution in [-0.2, 0) is 9.53 Å². The van der Waals surface area contributed by atoms with Crippen molar-refractivity contribution in [1.29, 1.82) is 0 Å². The minimum atomic E-state index is -1.04. The van der Waals surface area contributed by atoms with E-state index in [9.17, 15) is 20.1 Å². The molecule has 0 aromatic heterocycles. The van der Waals surface area contributed by atoms with Crippen molar-refractivity contribution in [3.63, 3.8) is 0 Å². The quantitative estimate of drug-likeness (QED) is 0.153. The van der Waals surface area contributed by atoms with Crippen LogP contribution in [0.1, 0.15) is 64.7 Å². The standard InChI is InChI=1S/C23H40O7/c1-2-3-6-9-17(25)12-13-20-19(21(27)14-22(20)28)10-7-4-5-8-11-23(29)30-16-18(26)15-24/h4,7,12-13,17-22,24-28H,2-3,5-6,8-11,14-16H2,1H3/b7-4+,13-12+. The second-order valence-corrected chi connectivity index (χ2v) is 8.18. The molecule has 6 atom stereocenters. The topological polar surface area (TPSA) is 127 Å². The van der Waals surface area contributed by atoms with Crippen molar-refractivity contribution in [3.05, 3.63) is 24.3 Å². The number of carbonyl (C=O) groups excluding carboxylic acids is 1. The van der Waals surface area contributed by atoms with Crippen molar-refractivity contribution >= 4 is 5.97 Å². The molecular formula is C23H40O7. The van der Waals surface area contributed by atoms with E-state index in [1.165, 1.54) is 0 Å². The number of ether oxygens (including phenoxy) is 1. The predicted molar refractivity (Wildman–Crippen MR) is 115 cm³/mol. The van der Waals surface area contributed by atoms with Crippen molar-refractivity contribution in [2.45, 2.75) is 89.1 Å². The summed E-state index contributed by atoms with van der Waals surface area (Å²) in [4.78, 5) is 11.5. The van der Waals surface area contributed by atoms with Gasteiger partial charge in [0.15, 0.2) is 0 Å². The number of carbonyl (C=O) groups is 1. The summed E-state index contributed by atoms with van der Waals surface area (Å²) in [7, 11) is 0. The maximum Gasteiger partial charge on any atom is 0.305 e. The number of aliphatic hydroxyl groups is 5. The van der Waals surface area contributed by atoms with Crippen LogP contribution in [0.4, 0.5) is 0 Å². The van der Waals surface area contributed by atoms with Gasteiger partial charge in [0.2, 0.25) is 0 Å². The van der Waals surface area contributed by atoms with E-state index in [1.54, 1.807) is 6.08 Å². The van der Waals surface area contributed by atoms with Gasteiger partial charge >= 0.3 is 5.97 Å². The SMILES string of the molecule is CCCCCC(O)/C=C/C1C(O)CC(O)C1C/C=C/CCCC(=O)OCC(O)CO. The van der Waals surface area contributed by atoms with Gasteiger partial charge in [0, 0.05) is 18.8 Å². The molecule has 30 heavy (non-hydrogen) atoms. The van der Waals surface area contributed by atoms with E-state index in [1.807, 2.05) is 18.2 Å². The van der Waals surface area contributed by atoms with Gasteiger partial charge in [-0.3, -0.25) is 4.79 Å². The van der Waals surface area contributed by atoms with E-state index in [0.29, 0.717) is 32.1 Å². The van der Waals surface area contributed by atoms with Gasteiger partial charge in [-0.2, -0.15) is 0 Å². The van der Waals surface area contributed by atoms with Gasteiger partial charge in [-0.25, -0.2) is 0 Å². The molecule has 1 aliphatic rings. The molecule has 1 aliphatic carbocycles. The Morgan fingerprint density at radius 1 is 1.13 bits per heavy atom. The van der Waals surface area contributed by atoms with E-state index in [0.717, 1.165) is 19.3 Å². The highest BCUT2D eigenvalue weighted by Crippen LogP contribution is 2.36. The fourth-order valence-corrected chi connectivity index (χ4v) is 3.71. The number of hydrogen-bond donors (Lipinski definition) is 5. The lowest BCUT2D eigenvalue weighted by Gasteiger charge is -2.19. The highest BCUT2D eigenvalue weighted by atomic mass is 16.5. The summed E-state index contributed by atoms with van der Waals surface area (Å²) < 4.78 is 4.84. The number of aliphatic hydroxyl groups excluding tert-OH is 5. The summed E-state index contributed by atoms with van der Waals surface area (Å²) in [6.45, 7) is 1.48. The highest BCUT2D eigenvalue weighted by Gasteiger charge is 2.39. The van der Waals surface area contributed by atoms with Gasteiger partial charge in [-0.1, -0.05) is 50.5 Å². The minimum absolute atomic E-state index is 0.0970. The van der Waals surface area contributed by atoms with Gasteiger partial charge in [0.25, 0.3) is 0 Å². The molecule has 5 N–H and O–H groups in total. The smallest absolute Gasteiger partial charge is 0.305 e.